The molecule has 2 nitrogen and oxygen atoms in total. The van der Waals surface area contributed by atoms with Crippen LogP contribution in [-0.4, -0.2) is 12.1 Å². The Bertz CT molecular complexity index is 727. The van der Waals surface area contributed by atoms with Gasteiger partial charge in [-0.1, -0.05) is 56.7 Å². The van der Waals surface area contributed by atoms with Crippen LogP contribution in [0.25, 0.3) is 16.3 Å². The Morgan fingerprint density at radius 2 is 1.86 bits per heavy atom. The van der Waals surface area contributed by atoms with E-state index in [9.17, 15) is 4.79 Å². The lowest BCUT2D eigenvalue weighted by Gasteiger charge is -2.31. The molecule has 0 bridgehead atoms. The van der Waals surface area contributed by atoms with Crippen molar-refractivity contribution in [3.05, 3.63) is 53.6 Å². The number of hydrogen-bond acceptors (Lipinski definition) is 2. The lowest BCUT2D eigenvalue weighted by atomic mass is 9.88. The minimum Gasteiger partial charge on any atom is -0.454 e. The van der Waals surface area contributed by atoms with Crippen molar-refractivity contribution in [2.24, 2.45) is 0 Å². The van der Waals surface area contributed by atoms with E-state index in [4.69, 9.17) is 4.74 Å². The van der Waals surface area contributed by atoms with Crippen LogP contribution in [0.5, 0.6) is 0 Å². The molecule has 2 heteroatoms. The molecule has 0 aromatic heterocycles. The summed E-state index contributed by atoms with van der Waals surface area (Å²) in [7, 11) is 0. The Balaban J connectivity index is 2.07. The third kappa shape index (κ3) is 2.66. The maximum atomic E-state index is 12.0. The van der Waals surface area contributed by atoms with E-state index in [1.54, 1.807) is 0 Å². The van der Waals surface area contributed by atoms with Crippen LogP contribution in [0, 0.1) is 0 Å². The number of carbonyl (C=O) groups is 1. The van der Waals surface area contributed by atoms with Crippen LogP contribution in [-0.2, 0) is 9.53 Å². The van der Waals surface area contributed by atoms with Gasteiger partial charge in [-0.2, -0.15) is 0 Å². The molecule has 0 spiro atoms. The topological polar surface area (TPSA) is 26.3 Å². The molecule has 1 unspecified atom stereocenters. The first kappa shape index (κ1) is 14.8. The highest BCUT2D eigenvalue weighted by atomic mass is 16.6. The number of benzene rings is 2. The van der Waals surface area contributed by atoms with Gasteiger partial charge in [-0.15, -0.1) is 0 Å². The molecule has 0 amide bonds. The van der Waals surface area contributed by atoms with Crippen LogP contribution < -0.4 is 0 Å². The fourth-order valence-corrected chi connectivity index (χ4v) is 3.10. The average Bonchev–Trinajstić information content (AvgIpc) is 2.55. The minimum absolute atomic E-state index is 0.0224. The summed E-state index contributed by atoms with van der Waals surface area (Å²) in [6.07, 6.45) is 3.98. The van der Waals surface area contributed by atoms with E-state index in [1.807, 2.05) is 0 Å². The summed E-state index contributed by atoms with van der Waals surface area (Å²) >= 11 is 0. The minimum atomic E-state index is -0.133. The van der Waals surface area contributed by atoms with Crippen LogP contribution in [0.1, 0.15) is 45.1 Å². The van der Waals surface area contributed by atoms with Gasteiger partial charge in [0.25, 0.3) is 0 Å². The SMILES string of the molecule is CCCC/C(=C1/C(=O)OC1CC)c1ccc2ccccc2c1. The first-order valence-corrected chi connectivity index (χ1v) is 8.17. The molecule has 0 radical (unpaired) electrons. The van der Waals surface area contributed by atoms with E-state index < -0.39 is 0 Å². The molecule has 1 atom stereocenters. The molecule has 2 aromatic carbocycles. The molecule has 22 heavy (non-hydrogen) atoms. The van der Waals surface area contributed by atoms with Gasteiger partial charge in [0.1, 0.15) is 6.10 Å². The summed E-state index contributed by atoms with van der Waals surface area (Å²) in [6, 6.07) is 14.8. The van der Waals surface area contributed by atoms with Crippen LogP contribution in [0.4, 0.5) is 0 Å². The zero-order valence-electron chi connectivity index (χ0n) is 13.3. The predicted octanol–water partition coefficient (Wildman–Crippen LogP) is 5.12. The van der Waals surface area contributed by atoms with Gasteiger partial charge in [-0.25, -0.2) is 4.79 Å². The standard InChI is InChI=1S/C20H22O2/c1-3-5-10-17(19-18(4-2)22-20(19)21)16-12-11-14-8-6-7-9-15(14)13-16/h6-9,11-13,18H,3-5,10H2,1-2H3/b19-17-. The lowest BCUT2D eigenvalue weighted by molar-refractivity contribution is -0.155. The highest BCUT2D eigenvalue weighted by Crippen LogP contribution is 2.36. The number of cyclic esters (lactones) is 1. The third-order valence-corrected chi connectivity index (χ3v) is 4.37. The van der Waals surface area contributed by atoms with Crippen molar-refractivity contribution in [2.45, 2.75) is 45.6 Å². The highest BCUT2D eigenvalue weighted by Gasteiger charge is 2.37. The van der Waals surface area contributed by atoms with Crippen molar-refractivity contribution in [1.29, 1.82) is 0 Å². The van der Waals surface area contributed by atoms with Crippen LogP contribution in [0.15, 0.2) is 48.0 Å². The van der Waals surface area contributed by atoms with Gasteiger partial charge in [0, 0.05) is 0 Å². The predicted molar refractivity (Wildman–Crippen MR) is 90.6 cm³/mol. The number of rotatable bonds is 5. The zero-order valence-corrected chi connectivity index (χ0v) is 13.3. The third-order valence-electron chi connectivity index (χ3n) is 4.37. The molecule has 0 N–H and O–H groups in total. The monoisotopic (exact) mass is 294 g/mol. The quantitative estimate of drug-likeness (QED) is 0.565. The van der Waals surface area contributed by atoms with Crippen molar-refractivity contribution in [3.63, 3.8) is 0 Å². The first-order chi connectivity index (χ1) is 10.7. The zero-order chi connectivity index (χ0) is 15.5. The summed E-state index contributed by atoms with van der Waals surface area (Å²) in [4.78, 5) is 12.0. The molecule has 2 aromatic rings. The van der Waals surface area contributed by atoms with Gasteiger partial charge in [-0.3, -0.25) is 0 Å². The van der Waals surface area contributed by atoms with Gasteiger partial charge < -0.3 is 4.74 Å². The van der Waals surface area contributed by atoms with Crippen molar-refractivity contribution < 1.29 is 9.53 Å². The Labute approximate surface area is 131 Å². The maximum Gasteiger partial charge on any atom is 0.338 e. The number of unbranched alkanes of at least 4 members (excludes halogenated alkanes) is 1. The molecule has 0 aliphatic carbocycles. The Kier molecular flexibility index (Phi) is 4.28. The Morgan fingerprint density at radius 3 is 2.55 bits per heavy atom. The number of allylic oxidation sites excluding steroid dienone is 1. The molecule has 1 heterocycles. The normalized spacial score (nSPS) is 19.7. The largest absolute Gasteiger partial charge is 0.454 e. The molecular formula is C20H22O2. The molecule has 1 saturated heterocycles. The lowest BCUT2D eigenvalue weighted by Crippen LogP contribution is -2.37. The number of hydrogen-bond donors (Lipinski definition) is 0. The summed E-state index contributed by atoms with van der Waals surface area (Å²) in [5.41, 5.74) is 3.24. The molecule has 1 fully saturated rings. The van der Waals surface area contributed by atoms with Crippen molar-refractivity contribution in [1.82, 2.24) is 0 Å². The van der Waals surface area contributed by atoms with Gasteiger partial charge in [0.15, 0.2) is 0 Å². The van der Waals surface area contributed by atoms with E-state index in [1.165, 1.54) is 16.3 Å². The first-order valence-electron chi connectivity index (χ1n) is 8.17. The van der Waals surface area contributed by atoms with Crippen molar-refractivity contribution >= 4 is 22.3 Å². The molecule has 3 rings (SSSR count). The van der Waals surface area contributed by atoms with Gasteiger partial charge in [0.05, 0.1) is 5.57 Å². The smallest absolute Gasteiger partial charge is 0.338 e. The van der Waals surface area contributed by atoms with E-state index in [-0.39, 0.29) is 12.1 Å². The number of esters is 1. The van der Waals surface area contributed by atoms with Crippen molar-refractivity contribution in [2.75, 3.05) is 0 Å². The van der Waals surface area contributed by atoms with Crippen LogP contribution >= 0.6 is 0 Å². The van der Waals surface area contributed by atoms with Gasteiger partial charge in [-0.05, 0) is 47.2 Å². The van der Waals surface area contributed by atoms with E-state index >= 15 is 0 Å². The van der Waals surface area contributed by atoms with Gasteiger partial charge in [0.2, 0.25) is 0 Å². The summed E-state index contributed by atoms with van der Waals surface area (Å²) in [6.45, 7) is 4.24. The fraction of sp³-hybridized carbons (Fsp3) is 0.350. The Hall–Kier alpha value is -2.09. The van der Waals surface area contributed by atoms with Crippen LogP contribution in [0.3, 0.4) is 0 Å². The molecule has 114 valence electrons. The molecule has 1 aliphatic heterocycles. The van der Waals surface area contributed by atoms with Crippen LogP contribution in [0.2, 0.25) is 0 Å². The summed E-state index contributed by atoms with van der Waals surface area (Å²) in [5.74, 6) is -0.133. The molecule has 0 saturated carbocycles. The van der Waals surface area contributed by atoms with E-state index in [0.717, 1.165) is 36.8 Å². The fourth-order valence-electron chi connectivity index (χ4n) is 3.10. The van der Waals surface area contributed by atoms with E-state index in [2.05, 4.69) is 56.3 Å². The number of fused-ring (bicyclic) bond motifs is 1. The number of carbonyl (C=O) groups excluding carboxylic acids is 1. The van der Waals surface area contributed by atoms with Gasteiger partial charge >= 0.3 is 5.97 Å². The number of ether oxygens (including phenoxy) is 1. The van der Waals surface area contributed by atoms with Crippen molar-refractivity contribution in [3.8, 4) is 0 Å². The van der Waals surface area contributed by atoms with E-state index in [0.29, 0.717) is 0 Å². The second-order valence-electron chi connectivity index (χ2n) is 5.86. The molecular weight excluding hydrogens is 272 g/mol. The highest BCUT2D eigenvalue weighted by molar-refractivity contribution is 6.04. The second-order valence-corrected chi connectivity index (χ2v) is 5.86. The second kappa shape index (κ2) is 6.35. The average molecular weight is 294 g/mol. The maximum absolute atomic E-state index is 12.0. The Morgan fingerprint density at radius 1 is 1.09 bits per heavy atom. The molecule has 1 aliphatic rings. The summed E-state index contributed by atoms with van der Waals surface area (Å²) < 4.78 is 5.27. The summed E-state index contributed by atoms with van der Waals surface area (Å²) in [5, 5.41) is 2.45.